The molecule has 3 rings (SSSR count). The van der Waals surface area contributed by atoms with Gasteiger partial charge in [0.2, 0.25) is 0 Å². The zero-order valence-electron chi connectivity index (χ0n) is 6.50. The van der Waals surface area contributed by atoms with Crippen LogP contribution >= 0.6 is 0 Å². The Balaban J connectivity index is 2.15. The van der Waals surface area contributed by atoms with Gasteiger partial charge < -0.3 is 4.74 Å². The summed E-state index contributed by atoms with van der Waals surface area (Å²) in [6.07, 6.45) is 12.0. The van der Waals surface area contributed by atoms with Crippen LogP contribution in [0.1, 0.15) is 13.3 Å². The summed E-state index contributed by atoms with van der Waals surface area (Å²) < 4.78 is 5.74. The maximum absolute atomic E-state index is 5.74. The van der Waals surface area contributed by atoms with E-state index in [1.807, 2.05) is 6.92 Å². The van der Waals surface area contributed by atoms with Crippen molar-refractivity contribution < 1.29 is 4.74 Å². The summed E-state index contributed by atoms with van der Waals surface area (Å²) in [7, 11) is 0. The van der Waals surface area contributed by atoms with Gasteiger partial charge in [0, 0.05) is 6.42 Å². The van der Waals surface area contributed by atoms with E-state index < -0.39 is 0 Å². The molecular formula is C10H10O. The molecule has 0 aromatic heterocycles. The highest BCUT2D eigenvalue weighted by Gasteiger charge is 2.69. The maximum atomic E-state index is 5.74. The molecule has 1 heterocycles. The lowest BCUT2D eigenvalue weighted by molar-refractivity contribution is 0.138. The first kappa shape index (κ1) is 5.64. The first-order valence-electron chi connectivity index (χ1n) is 4.02. The van der Waals surface area contributed by atoms with Crippen molar-refractivity contribution in [3.8, 4) is 0 Å². The summed E-state index contributed by atoms with van der Waals surface area (Å²) in [6.45, 7) is 2.03. The van der Waals surface area contributed by atoms with Crippen molar-refractivity contribution in [1.82, 2.24) is 0 Å². The smallest absolute Gasteiger partial charge is 0.141 e. The van der Waals surface area contributed by atoms with Gasteiger partial charge in [-0.15, -0.1) is 0 Å². The van der Waals surface area contributed by atoms with Gasteiger partial charge in [0.05, 0.1) is 11.2 Å². The van der Waals surface area contributed by atoms with Gasteiger partial charge in [-0.1, -0.05) is 18.2 Å². The summed E-state index contributed by atoms with van der Waals surface area (Å²) in [5.74, 6) is 1.08. The van der Waals surface area contributed by atoms with Crippen molar-refractivity contribution >= 4 is 0 Å². The van der Waals surface area contributed by atoms with Crippen LogP contribution in [-0.4, -0.2) is 5.60 Å². The van der Waals surface area contributed by atoms with Gasteiger partial charge in [-0.3, -0.25) is 0 Å². The number of ether oxygens (including phenoxy) is 1. The fourth-order valence-corrected chi connectivity index (χ4v) is 2.31. The molecule has 1 fully saturated rings. The Morgan fingerprint density at radius 1 is 1.36 bits per heavy atom. The normalized spacial score (nSPS) is 49.4. The van der Waals surface area contributed by atoms with Gasteiger partial charge in [0.25, 0.3) is 0 Å². The summed E-state index contributed by atoms with van der Waals surface area (Å²) in [5, 5.41) is 0. The quantitative estimate of drug-likeness (QED) is 0.509. The standard InChI is InChI=1S/C10H10O/c1-8-6-9-4-2-3-5-10(9,7-9)11-8/h2-6H,7H2,1H3. The van der Waals surface area contributed by atoms with Crippen LogP contribution in [0.3, 0.4) is 0 Å². The zero-order chi connectivity index (χ0) is 7.53. The Morgan fingerprint density at radius 2 is 2.18 bits per heavy atom. The molecular weight excluding hydrogens is 136 g/mol. The monoisotopic (exact) mass is 146 g/mol. The summed E-state index contributed by atoms with van der Waals surface area (Å²) in [4.78, 5) is 0. The van der Waals surface area contributed by atoms with Gasteiger partial charge >= 0.3 is 0 Å². The van der Waals surface area contributed by atoms with E-state index in [2.05, 4.69) is 30.4 Å². The first-order valence-corrected chi connectivity index (χ1v) is 4.02. The molecule has 1 aliphatic heterocycles. The topological polar surface area (TPSA) is 9.23 Å². The average molecular weight is 146 g/mol. The highest BCUT2D eigenvalue weighted by Crippen LogP contribution is 2.67. The lowest BCUT2D eigenvalue weighted by Gasteiger charge is -2.13. The van der Waals surface area contributed by atoms with Crippen LogP contribution in [0.25, 0.3) is 0 Å². The number of allylic oxidation sites excluding steroid dienone is 3. The molecule has 0 saturated heterocycles. The van der Waals surface area contributed by atoms with E-state index in [-0.39, 0.29) is 11.0 Å². The van der Waals surface area contributed by atoms with Gasteiger partial charge in [-0.2, -0.15) is 0 Å². The maximum Gasteiger partial charge on any atom is 0.141 e. The SMILES string of the molecule is CC1=CC23C=CC=CC2(C3)O1. The lowest BCUT2D eigenvalue weighted by atomic mass is 9.98. The molecule has 0 bridgehead atoms. The predicted octanol–water partition coefficient (Wildman–Crippen LogP) is 2.18. The fraction of sp³-hybridized carbons (Fsp3) is 0.400. The minimum atomic E-state index is 0.0475. The van der Waals surface area contributed by atoms with Crippen LogP contribution in [0.2, 0.25) is 0 Å². The summed E-state index contributed by atoms with van der Waals surface area (Å²) in [5.41, 5.74) is 0.303. The van der Waals surface area contributed by atoms with Crippen molar-refractivity contribution in [2.45, 2.75) is 18.9 Å². The molecule has 3 aliphatic rings. The fourth-order valence-electron chi connectivity index (χ4n) is 2.31. The zero-order valence-corrected chi connectivity index (χ0v) is 6.50. The molecule has 0 amide bonds. The van der Waals surface area contributed by atoms with Crippen LogP contribution in [-0.2, 0) is 4.74 Å². The second-order valence-corrected chi connectivity index (χ2v) is 3.68. The number of hydrogen-bond donors (Lipinski definition) is 0. The van der Waals surface area contributed by atoms with Crippen LogP contribution in [0, 0.1) is 5.41 Å². The molecule has 1 heteroatoms. The third kappa shape index (κ3) is 0.462. The summed E-state index contributed by atoms with van der Waals surface area (Å²) in [6, 6.07) is 0. The Hall–Kier alpha value is -0.980. The molecule has 2 unspecified atom stereocenters. The van der Waals surface area contributed by atoms with Crippen LogP contribution in [0.5, 0.6) is 0 Å². The van der Waals surface area contributed by atoms with E-state index in [1.54, 1.807) is 0 Å². The highest BCUT2D eigenvalue weighted by molar-refractivity contribution is 5.48. The van der Waals surface area contributed by atoms with E-state index in [0.29, 0.717) is 0 Å². The minimum Gasteiger partial charge on any atom is -0.487 e. The molecule has 0 aromatic carbocycles. The summed E-state index contributed by atoms with van der Waals surface area (Å²) >= 11 is 0. The molecule has 56 valence electrons. The second-order valence-electron chi connectivity index (χ2n) is 3.68. The number of hydrogen-bond acceptors (Lipinski definition) is 1. The third-order valence-corrected chi connectivity index (χ3v) is 2.89. The van der Waals surface area contributed by atoms with Crippen LogP contribution in [0.15, 0.2) is 36.1 Å². The predicted molar refractivity (Wildman–Crippen MR) is 42.9 cm³/mol. The molecule has 11 heavy (non-hydrogen) atoms. The Kier molecular flexibility index (Phi) is 0.674. The Morgan fingerprint density at radius 3 is 3.00 bits per heavy atom. The van der Waals surface area contributed by atoms with E-state index in [0.717, 1.165) is 12.2 Å². The van der Waals surface area contributed by atoms with Gasteiger partial charge in [-0.05, 0) is 19.1 Å². The van der Waals surface area contributed by atoms with Gasteiger partial charge in [-0.25, -0.2) is 0 Å². The van der Waals surface area contributed by atoms with Crippen molar-refractivity contribution in [3.05, 3.63) is 36.1 Å². The molecule has 2 aliphatic carbocycles. The van der Waals surface area contributed by atoms with Gasteiger partial charge in [0.1, 0.15) is 5.60 Å². The molecule has 0 spiro atoms. The molecule has 1 saturated carbocycles. The van der Waals surface area contributed by atoms with Gasteiger partial charge in [0.15, 0.2) is 0 Å². The minimum absolute atomic E-state index is 0.0475. The molecule has 2 atom stereocenters. The first-order chi connectivity index (χ1) is 5.27. The third-order valence-electron chi connectivity index (χ3n) is 2.89. The van der Waals surface area contributed by atoms with Crippen molar-refractivity contribution in [2.75, 3.05) is 0 Å². The van der Waals surface area contributed by atoms with Crippen LogP contribution < -0.4 is 0 Å². The largest absolute Gasteiger partial charge is 0.487 e. The molecule has 0 N–H and O–H groups in total. The second kappa shape index (κ2) is 1.31. The number of rotatable bonds is 0. The molecule has 0 radical (unpaired) electrons. The molecule has 1 nitrogen and oxygen atoms in total. The van der Waals surface area contributed by atoms with Crippen molar-refractivity contribution in [1.29, 1.82) is 0 Å². The Labute approximate surface area is 66.1 Å². The molecule has 0 aromatic rings. The van der Waals surface area contributed by atoms with E-state index in [1.165, 1.54) is 0 Å². The Bertz CT molecular complexity index is 311. The van der Waals surface area contributed by atoms with E-state index in [9.17, 15) is 0 Å². The lowest BCUT2D eigenvalue weighted by Crippen LogP contribution is -2.14. The van der Waals surface area contributed by atoms with Crippen molar-refractivity contribution in [3.63, 3.8) is 0 Å². The highest BCUT2D eigenvalue weighted by atomic mass is 16.5. The van der Waals surface area contributed by atoms with Crippen molar-refractivity contribution in [2.24, 2.45) is 5.41 Å². The van der Waals surface area contributed by atoms with E-state index >= 15 is 0 Å². The van der Waals surface area contributed by atoms with Crippen LogP contribution in [0.4, 0.5) is 0 Å². The van der Waals surface area contributed by atoms with E-state index in [4.69, 9.17) is 4.74 Å². The average Bonchev–Trinajstić information content (AvgIpc) is 2.47.